The van der Waals surface area contributed by atoms with E-state index in [2.05, 4.69) is 15.9 Å². The summed E-state index contributed by atoms with van der Waals surface area (Å²) in [7, 11) is 0. The van der Waals surface area contributed by atoms with Crippen molar-refractivity contribution in [3.8, 4) is 11.8 Å². The molecule has 0 aliphatic heterocycles. The van der Waals surface area contributed by atoms with Gasteiger partial charge in [-0.1, -0.05) is 35.3 Å². The number of carbonyl (C=O) groups excluding carboxylic acids is 1. The van der Waals surface area contributed by atoms with Crippen LogP contribution in [0, 0.1) is 11.3 Å². The fraction of sp³-hybridized carbons (Fsp3) is 0. The van der Waals surface area contributed by atoms with Gasteiger partial charge in [-0.05, 0) is 51.8 Å². The second kappa shape index (κ2) is 6.97. The highest BCUT2D eigenvalue weighted by atomic mass is 79.9. The fourth-order valence-electron chi connectivity index (χ4n) is 1.78. The monoisotopic (exact) mass is 395 g/mol. The van der Waals surface area contributed by atoms with E-state index in [9.17, 15) is 15.2 Å². The van der Waals surface area contributed by atoms with Crippen LogP contribution in [-0.4, -0.2) is 10.9 Å². The van der Waals surface area contributed by atoms with Gasteiger partial charge in [0.05, 0.1) is 20.1 Å². The summed E-state index contributed by atoms with van der Waals surface area (Å²) in [6.45, 7) is 0. The van der Waals surface area contributed by atoms with Gasteiger partial charge in [-0.3, -0.25) is 4.79 Å². The highest BCUT2D eigenvalue weighted by Crippen LogP contribution is 2.29. The summed E-state index contributed by atoms with van der Waals surface area (Å²) in [6.07, 6.45) is 1.41. The Balaban J connectivity index is 2.48. The van der Waals surface area contributed by atoms with Gasteiger partial charge in [0, 0.05) is 0 Å². The first kappa shape index (κ1) is 16.6. The number of hydrogen-bond acceptors (Lipinski definition) is 3. The Morgan fingerprint density at radius 3 is 2.41 bits per heavy atom. The van der Waals surface area contributed by atoms with E-state index < -0.39 is 5.78 Å². The number of halogens is 3. The molecule has 110 valence electrons. The number of Topliss-reactive ketones (excluding diaryl/α,β-unsaturated/α-hetero) is 1. The molecule has 6 heteroatoms. The van der Waals surface area contributed by atoms with Gasteiger partial charge < -0.3 is 5.11 Å². The quantitative estimate of drug-likeness (QED) is 0.437. The third-order valence-corrected chi connectivity index (χ3v) is 4.10. The summed E-state index contributed by atoms with van der Waals surface area (Å²) in [4.78, 5) is 12.5. The molecule has 0 spiro atoms. The molecule has 0 saturated heterocycles. The number of ketones is 1. The third kappa shape index (κ3) is 3.50. The second-order valence-corrected chi connectivity index (χ2v) is 5.98. The van der Waals surface area contributed by atoms with Gasteiger partial charge in [-0.15, -0.1) is 0 Å². The molecule has 2 aromatic rings. The van der Waals surface area contributed by atoms with E-state index in [-0.39, 0.29) is 26.9 Å². The maximum atomic E-state index is 12.5. The molecule has 0 unspecified atom stereocenters. The number of phenols is 1. The van der Waals surface area contributed by atoms with Crippen molar-refractivity contribution in [3.05, 3.63) is 67.6 Å². The number of benzene rings is 2. The molecule has 0 fully saturated rings. The van der Waals surface area contributed by atoms with Crippen LogP contribution in [0.15, 0.2) is 46.4 Å². The molecule has 0 heterocycles. The van der Waals surface area contributed by atoms with Crippen LogP contribution in [0.3, 0.4) is 0 Å². The maximum Gasteiger partial charge on any atom is 0.206 e. The van der Waals surface area contributed by atoms with E-state index >= 15 is 0 Å². The molecule has 0 aliphatic carbocycles. The first-order valence-corrected chi connectivity index (χ1v) is 7.58. The Kier molecular flexibility index (Phi) is 5.25. The van der Waals surface area contributed by atoms with Gasteiger partial charge in [0.1, 0.15) is 17.4 Å². The maximum absolute atomic E-state index is 12.5. The summed E-state index contributed by atoms with van der Waals surface area (Å²) in [5.74, 6) is -0.488. The molecule has 22 heavy (non-hydrogen) atoms. The molecule has 0 aliphatic rings. The van der Waals surface area contributed by atoms with Gasteiger partial charge in [-0.25, -0.2) is 0 Å². The highest BCUT2D eigenvalue weighted by molar-refractivity contribution is 9.10. The van der Waals surface area contributed by atoms with Crippen LogP contribution in [-0.2, 0) is 0 Å². The Hall–Kier alpha value is -1.80. The van der Waals surface area contributed by atoms with E-state index in [0.29, 0.717) is 10.0 Å². The van der Waals surface area contributed by atoms with Crippen LogP contribution in [0.25, 0.3) is 6.08 Å². The van der Waals surface area contributed by atoms with Gasteiger partial charge in [0.2, 0.25) is 5.78 Å². The lowest BCUT2D eigenvalue weighted by Gasteiger charge is -2.05. The third-order valence-electron chi connectivity index (χ3n) is 2.84. The van der Waals surface area contributed by atoms with Gasteiger partial charge in [0.15, 0.2) is 0 Å². The minimum Gasteiger partial charge on any atom is -0.507 e. The van der Waals surface area contributed by atoms with E-state index in [1.807, 2.05) is 6.07 Å². The van der Waals surface area contributed by atoms with Crippen molar-refractivity contribution in [2.24, 2.45) is 0 Å². The molecule has 0 saturated carbocycles. The summed E-state index contributed by atoms with van der Waals surface area (Å²) >= 11 is 15.2. The summed E-state index contributed by atoms with van der Waals surface area (Å²) < 4.78 is 0.460. The first-order chi connectivity index (χ1) is 10.4. The Labute approximate surface area is 145 Å². The Morgan fingerprint density at radius 2 is 1.86 bits per heavy atom. The number of rotatable bonds is 3. The van der Waals surface area contributed by atoms with E-state index in [0.717, 1.165) is 0 Å². The number of allylic oxidation sites excluding steroid dienone is 1. The predicted octanol–water partition coefficient (Wildman–Crippen LogP) is 5.25. The molecular formula is C16H8BrCl2NO2. The molecule has 2 rings (SSSR count). The van der Waals surface area contributed by atoms with Crippen LogP contribution in [0.2, 0.25) is 10.0 Å². The van der Waals surface area contributed by atoms with Crippen LogP contribution in [0.5, 0.6) is 5.75 Å². The van der Waals surface area contributed by atoms with E-state index in [4.69, 9.17) is 23.2 Å². The highest BCUT2D eigenvalue weighted by Gasteiger charge is 2.18. The van der Waals surface area contributed by atoms with Crippen molar-refractivity contribution in [2.45, 2.75) is 0 Å². The van der Waals surface area contributed by atoms with E-state index in [1.54, 1.807) is 18.2 Å². The SMILES string of the molecule is N#C/C(=C/c1ccc(O)c(Br)c1)C(=O)c1c(Cl)cccc1Cl. The molecule has 2 aromatic carbocycles. The molecule has 1 N–H and O–H groups in total. The summed E-state index contributed by atoms with van der Waals surface area (Å²) in [6, 6.07) is 11.2. The fourth-order valence-corrected chi connectivity index (χ4v) is 2.74. The Bertz CT molecular complexity index is 805. The Morgan fingerprint density at radius 1 is 1.23 bits per heavy atom. The van der Waals surface area contributed by atoms with Crippen molar-refractivity contribution >= 4 is 51.0 Å². The zero-order chi connectivity index (χ0) is 16.3. The molecule has 0 aromatic heterocycles. The van der Waals surface area contributed by atoms with Gasteiger partial charge >= 0.3 is 0 Å². The van der Waals surface area contributed by atoms with Crippen LogP contribution < -0.4 is 0 Å². The lowest BCUT2D eigenvalue weighted by molar-refractivity contribution is 0.104. The van der Waals surface area contributed by atoms with Crippen LogP contribution in [0.4, 0.5) is 0 Å². The van der Waals surface area contributed by atoms with Gasteiger partial charge in [0.25, 0.3) is 0 Å². The van der Waals surface area contributed by atoms with Crippen molar-refractivity contribution in [1.29, 1.82) is 5.26 Å². The van der Waals surface area contributed by atoms with Gasteiger partial charge in [-0.2, -0.15) is 5.26 Å². The standard InChI is InChI=1S/C16H8BrCl2NO2/c17-11-7-9(4-5-14(11)21)6-10(8-20)16(22)15-12(18)2-1-3-13(15)19/h1-7,21H/b10-6-. The smallest absolute Gasteiger partial charge is 0.206 e. The molecule has 0 amide bonds. The molecule has 3 nitrogen and oxygen atoms in total. The van der Waals surface area contributed by atoms with Crippen molar-refractivity contribution in [3.63, 3.8) is 0 Å². The van der Waals surface area contributed by atoms with Crippen molar-refractivity contribution in [2.75, 3.05) is 0 Å². The molecular weight excluding hydrogens is 389 g/mol. The van der Waals surface area contributed by atoms with Crippen molar-refractivity contribution < 1.29 is 9.90 Å². The molecule has 0 atom stereocenters. The summed E-state index contributed by atoms with van der Waals surface area (Å²) in [5, 5.41) is 19.1. The minimum atomic E-state index is -0.553. The van der Waals surface area contributed by atoms with Crippen LogP contribution in [0.1, 0.15) is 15.9 Å². The number of phenolic OH excluding ortho intramolecular Hbond substituents is 1. The normalized spacial score (nSPS) is 11.1. The lowest BCUT2D eigenvalue weighted by Crippen LogP contribution is -2.04. The largest absolute Gasteiger partial charge is 0.507 e. The lowest BCUT2D eigenvalue weighted by atomic mass is 10.0. The zero-order valence-electron chi connectivity index (χ0n) is 11.0. The van der Waals surface area contributed by atoms with E-state index in [1.165, 1.54) is 24.3 Å². The number of nitriles is 1. The topological polar surface area (TPSA) is 61.1 Å². The number of aromatic hydroxyl groups is 1. The number of hydrogen-bond donors (Lipinski definition) is 1. The number of nitrogens with zero attached hydrogens (tertiary/aromatic N) is 1. The average molecular weight is 397 g/mol. The minimum absolute atomic E-state index is 0.0659. The number of carbonyl (C=O) groups is 1. The average Bonchev–Trinajstić information content (AvgIpc) is 2.48. The summed E-state index contributed by atoms with van der Waals surface area (Å²) in [5.41, 5.74) is 0.571. The first-order valence-electron chi connectivity index (χ1n) is 6.03. The molecule has 0 radical (unpaired) electrons. The molecule has 0 bridgehead atoms. The zero-order valence-corrected chi connectivity index (χ0v) is 14.1. The predicted molar refractivity (Wildman–Crippen MR) is 90.2 cm³/mol. The van der Waals surface area contributed by atoms with Crippen molar-refractivity contribution in [1.82, 2.24) is 0 Å². The second-order valence-electron chi connectivity index (χ2n) is 4.31. The van der Waals surface area contributed by atoms with Crippen LogP contribution >= 0.6 is 39.1 Å².